The molecule has 3 atom stereocenters. The number of carbonyl (C=O) groups excluding carboxylic acids is 2. The van der Waals surface area contributed by atoms with Crippen LogP contribution in [0.4, 0.5) is 4.39 Å². The lowest BCUT2D eigenvalue weighted by atomic mass is 9.84. The zero-order chi connectivity index (χ0) is 28.3. The van der Waals surface area contributed by atoms with Crippen molar-refractivity contribution in [1.29, 1.82) is 5.26 Å². The first-order chi connectivity index (χ1) is 18.5. The molecule has 1 aromatic heterocycles. The lowest BCUT2D eigenvalue weighted by Gasteiger charge is -2.38. The van der Waals surface area contributed by atoms with E-state index in [0.717, 1.165) is 0 Å². The summed E-state index contributed by atoms with van der Waals surface area (Å²) in [5.41, 5.74) is 0.200. The minimum atomic E-state index is -0.905. The van der Waals surface area contributed by atoms with E-state index in [1.54, 1.807) is 56.9 Å². The number of ether oxygens (including phenoxy) is 1. The number of benzene rings is 2. The summed E-state index contributed by atoms with van der Waals surface area (Å²) in [4.78, 5) is 40.2. The van der Waals surface area contributed by atoms with Crippen LogP contribution in [0.5, 0.6) is 11.5 Å². The summed E-state index contributed by atoms with van der Waals surface area (Å²) >= 11 is 0. The van der Waals surface area contributed by atoms with Crippen LogP contribution in [0.1, 0.15) is 61.3 Å². The monoisotopic (exact) mass is 531 g/mol. The molecule has 1 aliphatic rings. The Bertz CT molecular complexity index is 1480. The van der Waals surface area contributed by atoms with Crippen molar-refractivity contribution in [3.05, 3.63) is 87.6 Å². The van der Waals surface area contributed by atoms with Crippen LogP contribution in [0.2, 0.25) is 0 Å². The molecule has 2 heterocycles. The van der Waals surface area contributed by atoms with E-state index in [1.807, 2.05) is 0 Å². The molecule has 39 heavy (non-hydrogen) atoms. The average Bonchev–Trinajstić information content (AvgIpc) is 3.37. The number of H-pyrrole nitrogens is 1. The first kappa shape index (κ1) is 27.5. The van der Waals surface area contributed by atoms with Crippen molar-refractivity contribution in [2.24, 2.45) is 5.41 Å². The number of hydrogen-bond donors (Lipinski definition) is 2. The Morgan fingerprint density at radius 3 is 2.59 bits per heavy atom. The van der Waals surface area contributed by atoms with Gasteiger partial charge in [-0.05, 0) is 82.5 Å². The first-order valence-electron chi connectivity index (χ1n) is 12.6. The standard InChI is InChI=1S/C29H30FN5O4/c1-17-14-24(27(37)34-33-17)39-22-10-8-19(9-11-22)26(36)32-18(2)28(38)35-23(20-6-5-7-21(30)15-20)12-13-25(35)29(3,4)16-31/h5-11,14-15,18,23,25H,12-13H2,1-4H3,(H,32,36)(H,34,37)/t18-,23+,25-/m1/s1. The van der Waals surface area contributed by atoms with Crippen molar-refractivity contribution < 1.29 is 18.7 Å². The van der Waals surface area contributed by atoms with Crippen LogP contribution in [-0.2, 0) is 4.79 Å². The smallest absolute Gasteiger partial charge is 0.307 e. The molecule has 0 aliphatic carbocycles. The van der Waals surface area contributed by atoms with Crippen molar-refractivity contribution in [3.8, 4) is 17.6 Å². The van der Waals surface area contributed by atoms with Crippen LogP contribution in [0.3, 0.4) is 0 Å². The molecule has 10 heteroatoms. The summed E-state index contributed by atoms with van der Waals surface area (Å²) in [6.45, 7) is 6.86. The number of nitriles is 1. The number of nitrogens with zero attached hydrogens (tertiary/aromatic N) is 3. The maximum absolute atomic E-state index is 14.0. The van der Waals surface area contributed by atoms with Crippen molar-refractivity contribution in [2.75, 3.05) is 0 Å². The zero-order valence-electron chi connectivity index (χ0n) is 22.2. The number of likely N-dealkylation sites (tertiary alicyclic amines) is 1. The first-order valence-corrected chi connectivity index (χ1v) is 12.6. The third kappa shape index (κ3) is 5.98. The highest BCUT2D eigenvalue weighted by atomic mass is 19.1. The molecule has 0 spiro atoms. The fraction of sp³-hybridized carbons (Fsp3) is 0.345. The minimum Gasteiger partial charge on any atom is -0.451 e. The van der Waals surface area contributed by atoms with Gasteiger partial charge in [0.05, 0.1) is 29.3 Å². The molecule has 1 aliphatic heterocycles. The Morgan fingerprint density at radius 2 is 1.92 bits per heavy atom. The van der Waals surface area contributed by atoms with Crippen LogP contribution in [0.15, 0.2) is 59.4 Å². The molecule has 0 saturated carbocycles. The van der Waals surface area contributed by atoms with Gasteiger partial charge in [-0.3, -0.25) is 14.4 Å². The largest absolute Gasteiger partial charge is 0.451 e. The second kappa shape index (κ2) is 11.1. The summed E-state index contributed by atoms with van der Waals surface area (Å²) in [6, 6.07) is 14.3. The molecule has 2 amide bonds. The molecule has 0 bridgehead atoms. The molecule has 2 N–H and O–H groups in total. The topological polar surface area (TPSA) is 128 Å². The Balaban J connectivity index is 1.50. The van der Waals surface area contributed by atoms with Crippen LogP contribution >= 0.6 is 0 Å². The molecule has 202 valence electrons. The van der Waals surface area contributed by atoms with Gasteiger partial charge in [0, 0.05) is 11.6 Å². The van der Waals surface area contributed by atoms with Gasteiger partial charge in [0.25, 0.3) is 5.91 Å². The van der Waals surface area contributed by atoms with Crippen molar-refractivity contribution >= 4 is 11.8 Å². The van der Waals surface area contributed by atoms with Crippen LogP contribution in [-0.4, -0.2) is 39.0 Å². The van der Waals surface area contributed by atoms with Gasteiger partial charge in [-0.2, -0.15) is 10.4 Å². The Labute approximate surface area is 225 Å². The second-order valence-corrected chi connectivity index (χ2v) is 10.3. The predicted molar refractivity (Wildman–Crippen MR) is 141 cm³/mol. The molecule has 4 rings (SSSR count). The number of hydrogen-bond acceptors (Lipinski definition) is 6. The van der Waals surface area contributed by atoms with E-state index < -0.39 is 40.8 Å². The fourth-order valence-corrected chi connectivity index (χ4v) is 4.87. The number of amides is 2. The lowest BCUT2D eigenvalue weighted by Crippen LogP contribution is -2.52. The summed E-state index contributed by atoms with van der Waals surface area (Å²) in [5, 5.41) is 18.7. The quantitative estimate of drug-likeness (QED) is 0.465. The highest BCUT2D eigenvalue weighted by Crippen LogP contribution is 2.43. The predicted octanol–water partition coefficient (Wildman–Crippen LogP) is 4.41. The van der Waals surface area contributed by atoms with E-state index >= 15 is 0 Å². The van der Waals surface area contributed by atoms with Gasteiger partial charge < -0.3 is 15.0 Å². The molecule has 0 radical (unpaired) electrons. The summed E-state index contributed by atoms with van der Waals surface area (Å²) in [7, 11) is 0. The van der Waals surface area contributed by atoms with E-state index in [2.05, 4.69) is 21.6 Å². The van der Waals surface area contributed by atoms with Crippen molar-refractivity contribution in [1.82, 2.24) is 20.4 Å². The third-order valence-corrected chi connectivity index (χ3v) is 6.95. The van der Waals surface area contributed by atoms with E-state index in [9.17, 15) is 24.0 Å². The normalized spacial score (nSPS) is 17.8. The van der Waals surface area contributed by atoms with Gasteiger partial charge in [0.15, 0.2) is 5.75 Å². The Hall–Kier alpha value is -4.52. The van der Waals surface area contributed by atoms with Gasteiger partial charge in [0.2, 0.25) is 5.91 Å². The van der Waals surface area contributed by atoms with E-state index in [4.69, 9.17) is 4.74 Å². The molecular weight excluding hydrogens is 501 g/mol. The van der Waals surface area contributed by atoms with E-state index in [1.165, 1.54) is 30.3 Å². The molecule has 0 unspecified atom stereocenters. The maximum atomic E-state index is 14.0. The van der Waals surface area contributed by atoms with Gasteiger partial charge in [-0.1, -0.05) is 12.1 Å². The molecule has 3 aromatic rings. The highest BCUT2D eigenvalue weighted by Gasteiger charge is 2.46. The second-order valence-electron chi connectivity index (χ2n) is 10.3. The van der Waals surface area contributed by atoms with Gasteiger partial charge in [-0.25, -0.2) is 9.49 Å². The molecule has 1 saturated heterocycles. The lowest BCUT2D eigenvalue weighted by molar-refractivity contribution is -0.137. The van der Waals surface area contributed by atoms with E-state index in [0.29, 0.717) is 35.4 Å². The van der Waals surface area contributed by atoms with Gasteiger partial charge in [0.1, 0.15) is 17.6 Å². The number of aromatic nitrogens is 2. The number of nitrogens with one attached hydrogen (secondary N) is 2. The van der Waals surface area contributed by atoms with Crippen LogP contribution < -0.4 is 15.6 Å². The maximum Gasteiger partial charge on any atom is 0.307 e. The zero-order valence-corrected chi connectivity index (χ0v) is 22.2. The Kier molecular flexibility index (Phi) is 7.81. The minimum absolute atomic E-state index is 0.0761. The number of rotatable bonds is 7. The molecule has 9 nitrogen and oxygen atoms in total. The molecule has 2 aromatic carbocycles. The number of aromatic amines is 1. The van der Waals surface area contributed by atoms with Crippen molar-refractivity contribution in [3.63, 3.8) is 0 Å². The van der Waals surface area contributed by atoms with Gasteiger partial charge in [-0.15, -0.1) is 0 Å². The van der Waals surface area contributed by atoms with Crippen LogP contribution in [0.25, 0.3) is 0 Å². The number of halogens is 1. The van der Waals surface area contributed by atoms with Crippen molar-refractivity contribution in [2.45, 2.75) is 58.7 Å². The van der Waals surface area contributed by atoms with E-state index in [-0.39, 0.29) is 11.7 Å². The highest BCUT2D eigenvalue weighted by molar-refractivity contribution is 5.97. The SMILES string of the molecule is Cc1cc(Oc2ccc(C(=O)N[C@H](C)C(=O)N3[C@H](c4cccc(F)c4)CC[C@@H]3C(C)(C)C#N)cc2)c(=O)[nH]n1. The number of carbonyl (C=O) groups is 2. The van der Waals surface area contributed by atoms with Gasteiger partial charge >= 0.3 is 5.56 Å². The Morgan fingerprint density at radius 1 is 1.21 bits per heavy atom. The molecular formula is C29H30FN5O4. The summed E-state index contributed by atoms with van der Waals surface area (Å²) < 4.78 is 19.6. The third-order valence-electron chi connectivity index (χ3n) is 6.95. The molecule has 1 fully saturated rings. The van der Waals surface area contributed by atoms with Crippen LogP contribution in [0, 0.1) is 29.5 Å². The average molecular weight is 532 g/mol. The summed E-state index contributed by atoms with van der Waals surface area (Å²) in [6.07, 6.45) is 1.16. The summed E-state index contributed by atoms with van der Waals surface area (Å²) in [5.74, 6) is -0.802. The number of aryl methyl sites for hydroxylation is 1. The fourth-order valence-electron chi connectivity index (χ4n) is 4.87.